The van der Waals surface area contributed by atoms with Crippen LogP contribution in [-0.2, 0) is 6.54 Å². The molecular weight excluding hydrogens is 296 g/mol. The first-order valence-electron chi connectivity index (χ1n) is 7.22. The minimum Gasteiger partial charge on any atom is -0.494 e. The maximum absolute atomic E-state index is 11.0. The van der Waals surface area contributed by atoms with Crippen molar-refractivity contribution in [3.8, 4) is 5.75 Å². The molecule has 2 aromatic rings. The molecule has 122 valence electrons. The van der Waals surface area contributed by atoms with E-state index in [1.807, 2.05) is 25.5 Å². The fourth-order valence-corrected chi connectivity index (χ4v) is 2.29. The van der Waals surface area contributed by atoms with E-state index in [4.69, 9.17) is 9.84 Å². The van der Waals surface area contributed by atoms with Gasteiger partial charge in [0.05, 0.1) is 30.3 Å². The molecule has 0 amide bonds. The van der Waals surface area contributed by atoms with Gasteiger partial charge >= 0.3 is 5.97 Å². The van der Waals surface area contributed by atoms with Crippen LogP contribution in [0.4, 0.5) is 5.69 Å². The van der Waals surface area contributed by atoms with E-state index in [0.29, 0.717) is 11.4 Å². The number of aryl methyl sites for hydroxylation is 2. The highest BCUT2D eigenvalue weighted by Crippen LogP contribution is 2.25. The minimum absolute atomic E-state index is 0.160. The van der Waals surface area contributed by atoms with Gasteiger partial charge in [0.15, 0.2) is 0 Å². The number of hydrogen-bond acceptors (Lipinski definition) is 5. The van der Waals surface area contributed by atoms with E-state index in [0.717, 1.165) is 23.5 Å². The number of benzene rings is 1. The summed E-state index contributed by atoms with van der Waals surface area (Å²) in [5.41, 5.74) is 6.53. The summed E-state index contributed by atoms with van der Waals surface area (Å²) >= 11 is 0. The van der Waals surface area contributed by atoms with Crippen LogP contribution in [0.2, 0.25) is 0 Å². The van der Waals surface area contributed by atoms with Crippen molar-refractivity contribution in [3.63, 3.8) is 0 Å². The summed E-state index contributed by atoms with van der Waals surface area (Å²) in [6.07, 6.45) is 1.70. The van der Waals surface area contributed by atoms with E-state index >= 15 is 0 Å². The predicted molar refractivity (Wildman–Crippen MR) is 88.5 cm³/mol. The zero-order valence-corrected chi connectivity index (χ0v) is 13.6. The van der Waals surface area contributed by atoms with Gasteiger partial charge in [-0.25, -0.2) is 4.79 Å². The van der Waals surface area contributed by atoms with Crippen molar-refractivity contribution in [2.24, 2.45) is 5.10 Å². The monoisotopic (exact) mass is 316 g/mol. The Kier molecular flexibility index (Phi) is 5.00. The Morgan fingerprint density at radius 2 is 2.22 bits per heavy atom. The molecule has 0 aliphatic carbocycles. The number of methoxy groups -OCH3 is 1. The molecular formula is C16H20N4O3. The third-order valence-corrected chi connectivity index (χ3v) is 3.56. The molecule has 0 bridgehead atoms. The highest BCUT2D eigenvalue weighted by Gasteiger charge is 2.10. The average molecular weight is 316 g/mol. The van der Waals surface area contributed by atoms with Crippen LogP contribution in [0.25, 0.3) is 0 Å². The molecule has 0 saturated heterocycles. The topological polar surface area (TPSA) is 88.7 Å². The number of hydrazone groups is 1. The number of ether oxygens (including phenoxy) is 1. The summed E-state index contributed by atoms with van der Waals surface area (Å²) in [6.45, 7) is 6.77. The Labute approximate surface area is 134 Å². The van der Waals surface area contributed by atoms with Crippen molar-refractivity contribution in [1.29, 1.82) is 0 Å². The zero-order chi connectivity index (χ0) is 17.0. The van der Waals surface area contributed by atoms with Crippen LogP contribution in [0, 0.1) is 13.8 Å². The average Bonchev–Trinajstić information content (AvgIpc) is 2.82. The summed E-state index contributed by atoms with van der Waals surface area (Å²) in [5.74, 6) is -0.587. The molecule has 7 nitrogen and oxygen atoms in total. The van der Waals surface area contributed by atoms with Gasteiger partial charge < -0.3 is 9.84 Å². The highest BCUT2D eigenvalue weighted by molar-refractivity contribution is 5.89. The first-order chi connectivity index (χ1) is 11.0. The maximum atomic E-state index is 11.0. The third-order valence-electron chi connectivity index (χ3n) is 3.56. The van der Waals surface area contributed by atoms with E-state index in [1.165, 1.54) is 19.2 Å². The van der Waals surface area contributed by atoms with E-state index < -0.39 is 5.97 Å². The van der Waals surface area contributed by atoms with Crippen LogP contribution in [0.3, 0.4) is 0 Å². The van der Waals surface area contributed by atoms with Gasteiger partial charge in [-0.05, 0) is 39.0 Å². The lowest BCUT2D eigenvalue weighted by Gasteiger charge is -2.08. The third kappa shape index (κ3) is 3.50. The summed E-state index contributed by atoms with van der Waals surface area (Å²) in [6, 6.07) is 4.56. The van der Waals surface area contributed by atoms with Crippen molar-refractivity contribution >= 4 is 17.9 Å². The molecule has 1 aromatic heterocycles. The molecule has 1 aromatic carbocycles. The number of rotatable bonds is 6. The Bertz CT molecular complexity index is 750. The number of aromatic carboxylic acids is 1. The largest absolute Gasteiger partial charge is 0.494 e. The van der Waals surface area contributed by atoms with Gasteiger partial charge in [-0.1, -0.05) is 0 Å². The second-order valence-corrected chi connectivity index (χ2v) is 4.99. The molecule has 0 radical (unpaired) electrons. The van der Waals surface area contributed by atoms with Crippen molar-refractivity contribution in [2.45, 2.75) is 27.3 Å². The summed E-state index contributed by atoms with van der Waals surface area (Å²) in [5, 5.41) is 17.6. The van der Waals surface area contributed by atoms with Crippen LogP contribution >= 0.6 is 0 Å². The lowest BCUT2D eigenvalue weighted by Crippen LogP contribution is -2.01. The smallest absolute Gasteiger partial charge is 0.335 e. The van der Waals surface area contributed by atoms with Crippen LogP contribution in [-0.4, -0.2) is 34.2 Å². The second-order valence-electron chi connectivity index (χ2n) is 4.99. The Hall–Kier alpha value is -2.83. The van der Waals surface area contributed by atoms with Gasteiger partial charge in [0.2, 0.25) is 0 Å². The molecule has 0 spiro atoms. The maximum Gasteiger partial charge on any atom is 0.335 e. The van der Waals surface area contributed by atoms with Crippen molar-refractivity contribution < 1.29 is 14.6 Å². The standard InChI is InChI=1S/C16H20N4O3/c1-5-20-11(3)13(10(2)19-20)9-17-18-14-7-6-12(16(21)22)8-15(14)23-4/h6-9,18H,5H2,1-4H3,(H,21,22). The number of aromatic nitrogens is 2. The van der Waals surface area contributed by atoms with Gasteiger partial charge in [0.1, 0.15) is 5.75 Å². The molecule has 0 aliphatic heterocycles. The van der Waals surface area contributed by atoms with E-state index in [2.05, 4.69) is 15.6 Å². The summed E-state index contributed by atoms with van der Waals surface area (Å²) < 4.78 is 7.11. The number of carboxylic acid groups (broad SMARTS) is 1. The van der Waals surface area contributed by atoms with Crippen LogP contribution in [0.15, 0.2) is 23.3 Å². The first-order valence-corrected chi connectivity index (χ1v) is 7.22. The van der Waals surface area contributed by atoms with Gasteiger partial charge in [0, 0.05) is 17.8 Å². The minimum atomic E-state index is -1.00. The normalized spacial score (nSPS) is 11.0. The number of anilines is 1. The molecule has 0 unspecified atom stereocenters. The molecule has 1 heterocycles. The Morgan fingerprint density at radius 3 is 2.78 bits per heavy atom. The second kappa shape index (κ2) is 6.95. The van der Waals surface area contributed by atoms with Gasteiger partial charge in [0.25, 0.3) is 0 Å². The van der Waals surface area contributed by atoms with Gasteiger partial charge in [-0.3, -0.25) is 10.1 Å². The summed E-state index contributed by atoms with van der Waals surface area (Å²) in [7, 11) is 1.48. The zero-order valence-electron chi connectivity index (χ0n) is 13.6. The molecule has 0 fully saturated rings. The molecule has 2 N–H and O–H groups in total. The van der Waals surface area contributed by atoms with Crippen LogP contribution in [0.5, 0.6) is 5.75 Å². The van der Waals surface area contributed by atoms with Gasteiger partial charge in [-0.15, -0.1) is 0 Å². The fourth-order valence-electron chi connectivity index (χ4n) is 2.29. The highest BCUT2D eigenvalue weighted by atomic mass is 16.5. The first kappa shape index (κ1) is 16.5. The van der Waals surface area contributed by atoms with Crippen LogP contribution < -0.4 is 10.2 Å². The predicted octanol–water partition coefficient (Wildman–Crippen LogP) is 2.67. The molecule has 23 heavy (non-hydrogen) atoms. The molecule has 7 heteroatoms. The van der Waals surface area contributed by atoms with Crippen molar-refractivity contribution in [2.75, 3.05) is 12.5 Å². The number of nitrogens with zero attached hydrogens (tertiary/aromatic N) is 3. The van der Waals surface area contributed by atoms with Gasteiger partial charge in [-0.2, -0.15) is 10.2 Å². The molecule has 0 atom stereocenters. The van der Waals surface area contributed by atoms with Crippen LogP contribution in [0.1, 0.15) is 34.2 Å². The lowest BCUT2D eigenvalue weighted by atomic mass is 10.2. The number of carboxylic acids is 1. The Morgan fingerprint density at radius 1 is 1.48 bits per heavy atom. The lowest BCUT2D eigenvalue weighted by molar-refractivity contribution is 0.0696. The van der Waals surface area contributed by atoms with Crippen molar-refractivity contribution in [1.82, 2.24) is 9.78 Å². The molecule has 2 rings (SSSR count). The quantitative estimate of drug-likeness (QED) is 0.632. The summed E-state index contributed by atoms with van der Waals surface area (Å²) in [4.78, 5) is 11.0. The number of carbonyl (C=O) groups is 1. The Balaban J connectivity index is 2.21. The van der Waals surface area contributed by atoms with E-state index in [-0.39, 0.29) is 5.56 Å². The SMILES string of the molecule is CCn1nc(C)c(C=NNc2ccc(C(=O)O)cc2OC)c1C. The van der Waals surface area contributed by atoms with Crippen molar-refractivity contribution in [3.05, 3.63) is 40.7 Å². The fraction of sp³-hybridized carbons (Fsp3) is 0.312. The van der Waals surface area contributed by atoms with E-state index in [9.17, 15) is 4.79 Å². The van der Waals surface area contributed by atoms with E-state index in [1.54, 1.807) is 12.3 Å². The number of hydrogen-bond donors (Lipinski definition) is 2. The molecule has 0 saturated carbocycles. The molecule has 0 aliphatic rings. The number of nitrogens with one attached hydrogen (secondary N) is 1.